The highest BCUT2D eigenvalue weighted by atomic mass is 16.5. The van der Waals surface area contributed by atoms with Gasteiger partial charge in [-0.25, -0.2) is 4.79 Å². The van der Waals surface area contributed by atoms with Crippen molar-refractivity contribution < 1.29 is 19.1 Å². The number of likely N-dealkylation sites (N-methyl/N-ethyl adjacent to an activating group) is 1. The molecule has 0 saturated carbocycles. The summed E-state index contributed by atoms with van der Waals surface area (Å²) in [5.74, 6) is 0.409. The number of hydrogen-bond donors (Lipinski definition) is 2. The maximum atomic E-state index is 12.4. The number of urea groups is 1. The van der Waals surface area contributed by atoms with Gasteiger partial charge in [0.15, 0.2) is 0 Å². The Morgan fingerprint density at radius 3 is 2.80 bits per heavy atom. The van der Waals surface area contributed by atoms with Gasteiger partial charge in [-0.2, -0.15) is 0 Å². The van der Waals surface area contributed by atoms with Crippen LogP contribution in [0, 0.1) is 0 Å². The van der Waals surface area contributed by atoms with Crippen molar-refractivity contribution in [2.75, 3.05) is 32.1 Å². The maximum absolute atomic E-state index is 12.4. The smallest absolute Gasteiger partial charge is 0.317 e. The van der Waals surface area contributed by atoms with Gasteiger partial charge in [-0.3, -0.25) is 4.79 Å². The van der Waals surface area contributed by atoms with Crippen molar-refractivity contribution in [3.05, 3.63) is 23.8 Å². The fourth-order valence-electron chi connectivity index (χ4n) is 2.83. The molecule has 0 aromatic heterocycles. The largest absolute Gasteiger partial charge is 0.495 e. The second-order valence-corrected chi connectivity index (χ2v) is 6.05. The van der Waals surface area contributed by atoms with Gasteiger partial charge in [0, 0.05) is 33.2 Å². The molecule has 138 valence electrons. The molecule has 2 rings (SSSR count). The molecule has 0 radical (unpaired) electrons. The molecule has 1 fully saturated rings. The van der Waals surface area contributed by atoms with Gasteiger partial charge in [-0.15, -0.1) is 0 Å². The molecule has 1 heterocycles. The predicted octanol–water partition coefficient (Wildman–Crippen LogP) is 2.36. The molecule has 0 spiro atoms. The van der Waals surface area contributed by atoms with Gasteiger partial charge in [-0.1, -0.05) is 6.07 Å². The minimum atomic E-state index is -0.173. The van der Waals surface area contributed by atoms with Crippen molar-refractivity contribution in [3.8, 4) is 5.75 Å². The van der Waals surface area contributed by atoms with E-state index in [4.69, 9.17) is 9.47 Å². The van der Waals surface area contributed by atoms with Crippen LogP contribution in [0.5, 0.6) is 5.75 Å². The second-order valence-electron chi connectivity index (χ2n) is 6.05. The molecule has 1 aromatic rings. The Labute approximate surface area is 148 Å². The van der Waals surface area contributed by atoms with E-state index in [-0.39, 0.29) is 18.0 Å². The van der Waals surface area contributed by atoms with E-state index in [0.29, 0.717) is 31.1 Å². The Morgan fingerprint density at radius 2 is 2.20 bits per heavy atom. The maximum Gasteiger partial charge on any atom is 0.317 e. The van der Waals surface area contributed by atoms with Crippen LogP contribution in [0.2, 0.25) is 0 Å². The third-order valence-electron chi connectivity index (χ3n) is 4.14. The standard InChI is InChI=1S/C18H27N3O4/c1-4-21(12-15-6-5-9-25-15)18(23)19-11-14-7-8-17(24-3)16(10-14)20-13(2)22/h7-8,10,15H,4-6,9,11-12H2,1-3H3,(H,19,23)(H,20,22)/t15-/m1/s1. The molecular formula is C18H27N3O4. The minimum absolute atomic E-state index is 0.116. The van der Waals surface area contributed by atoms with Crippen molar-refractivity contribution >= 4 is 17.6 Å². The lowest BCUT2D eigenvalue weighted by molar-refractivity contribution is -0.114. The zero-order valence-corrected chi connectivity index (χ0v) is 15.1. The molecule has 1 aromatic carbocycles. The number of ether oxygens (including phenoxy) is 2. The van der Waals surface area contributed by atoms with Gasteiger partial charge in [0.1, 0.15) is 5.75 Å². The van der Waals surface area contributed by atoms with E-state index in [2.05, 4.69) is 10.6 Å². The summed E-state index contributed by atoms with van der Waals surface area (Å²) in [7, 11) is 1.55. The molecule has 7 nitrogen and oxygen atoms in total. The Balaban J connectivity index is 1.94. The number of carbonyl (C=O) groups excluding carboxylic acids is 2. The Kier molecular flexibility index (Phi) is 7.06. The molecule has 0 bridgehead atoms. The number of anilines is 1. The lowest BCUT2D eigenvalue weighted by Gasteiger charge is -2.24. The highest BCUT2D eigenvalue weighted by Crippen LogP contribution is 2.25. The Morgan fingerprint density at radius 1 is 1.40 bits per heavy atom. The molecule has 7 heteroatoms. The van der Waals surface area contributed by atoms with Crippen molar-refractivity contribution in [2.45, 2.75) is 39.3 Å². The normalized spacial score (nSPS) is 16.4. The predicted molar refractivity (Wildman–Crippen MR) is 95.8 cm³/mol. The van der Waals surface area contributed by atoms with Gasteiger partial charge in [0.05, 0.1) is 18.9 Å². The molecule has 1 atom stereocenters. The first-order valence-electron chi connectivity index (χ1n) is 8.62. The molecule has 1 saturated heterocycles. The Hall–Kier alpha value is -2.28. The molecule has 0 aliphatic carbocycles. The van der Waals surface area contributed by atoms with E-state index in [1.165, 1.54) is 6.92 Å². The molecule has 0 unspecified atom stereocenters. The molecule has 1 aliphatic rings. The first-order valence-corrected chi connectivity index (χ1v) is 8.62. The number of hydrogen-bond acceptors (Lipinski definition) is 4. The van der Waals surface area contributed by atoms with E-state index >= 15 is 0 Å². The molecule has 2 N–H and O–H groups in total. The first kappa shape index (κ1) is 19.1. The summed E-state index contributed by atoms with van der Waals surface area (Å²) in [5.41, 5.74) is 1.47. The number of amides is 3. The summed E-state index contributed by atoms with van der Waals surface area (Å²) in [6.07, 6.45) is 2.20. The number of methoxy groups -OCH3 is 1. The fraction of sp³-hybridized carbons (Fsp3) is 0.556. The average Bonchev–Trinajstić information content (AvgIpc) is 3.10. The molecular weight excluding hydrogens is 322 g/mol. The van der Waals surface area contributed by atoms with Crippen LogP contribution >= 0.6 is 0 Å². The topological polar surface area (TPSA) is 79.9 Å². The van der Waals surface area contributed by atoms with Crippen molar-refractivity contribution in [1.29, 1.82) is 0 Å². The number of nitrogens with one attached hydrogen (secondary N) is 2. The number of benzene rings is 1. The fourth-order valence-corrected chi connectivity index (χ4v) is 2.83. The quantitative estimate of drug-likeness (QED) is 0.792. The molecule has 25 heavy (non-hydrogen) atoms. The van der Waals surface area contributed by atoms with Crippen molar-refractivity contribution in [2.24, 2.45) is 0 Å². The lowest BCUT2D eigenvalue weighted by atomic mass is 10.2. The van der Waals surface area contributed by atoms with E-state index in [0.717, 1.165) is 25.0 Å². The van der Waals surface area contributed by atoms with Gasteiger partial charge in [0.25, 0.3) is 0 Å². The van der Waals surface area contributed by atoms with Crippen LogP contribution in [0.1, 0.15) is 32.3 Å². The van der Waals surface area contributed by atoms with Crippen LogP contribution in [0.25, 0.3) is 0 Å². The summed E-state index contributed by atoms with van der Waals surface area (Å²) in [6, 6.07) is 5.32. The number of carbonyl (C=O) groups is 2. The minimum Gasteiger partial charge on any atom is -0.495 e. The SMILES string of the molecule is CCN(C[C@H]1CCCO1)C(=O)NCc1ccc(OC)c(NC(C)=O)c1. The van der Waals surface area contributed by atoms with Crippen molar-refractivity contribution in [1.82, 2.24) is 10.2 Å². The number of nitrogens with zero attached hydrogens (tertiary/aromatic N) is 1. The summed E-state index contributed by atoms with van der Waals surface area (Å²) < 4.78 is 10.8. The second kappa shape index (κ2) is 9.27. The van der Waals surface area contributed by atoms with Gasteiger partial charge < -0.3 is 25.0 Å². The van der Waals surface area contributed by atoms with E-state index in [1.807, 2.05) is 13.0 Å². The molecule has 1 aliphatic heterocycles. The van der Waals surface area contributed by atoms with Gasteiger partial charge in [-0.05, 0) is 37.5 Å². The third-order valence-corrected chi connectivity index (χ3v) is 4.14. The van der Waals surface area contributed by atoms with Crippen LogP contribution in [0.3, 0.4) is 0 Å². The zero-order valence-electron chi connectivity index (χ0n) is 15.1. The van der Waals surface area contributed by atoms with Gasteiger partial charge in [0.2, 0.25) is 5.91 Å². The third kappa shape index (κ3) is 5.63. The van der Waals surface area contributed by atoms with Crippen LogP contribution in [-0.4, -0.2) is 49.7 Å². The summed E-state index contributed by atoms with van der Waals surface area (Å²) in [5, 5.41) is 5.65. The first-order chi connectivity index (χ1) is 12.0. The van der Waals surface area contributed by atoms with E-state index in [9.17, 15) is 9.59 Å². The lowest BCUT2D eigenvalue weighted by Crippen LogP contribution is -2.43. The van der Waals surface area contributed by atoms with Gasteiger partial charge >= 0.3 is 6.03 Å². The van der Waals surface area contributed by atoms with Crippen LogP contribution in [-0.2, 0) is 16.1 Å². The van der Waals surface area contributed by atoms with E-state index < -0.39 is 0 Å². The summed E-state index contributed by atoms with van der Waals surface area (Å²) >= 11 is 0. The van der Waals surface area contributed by atoms with Crippen molar-refractivity contribution in [3.63, 3.8) is 0 Å². The number of rotatable bonds is 7. The van der Waals surface area contributed by atoms with Crippen LogP contribution in [0.4, 0.5) is 10.5 Å². The monoisotopic (exact) mass is 349 g/mol. The molecule has 3 amide bonds. The van der Waals surface area contributed by atoms with Crippen LogP contribution in [0.15, 0.2) is 18.2 Å². The van der Waals surface area contributed by atoms with Crippen LogP contribution < -0.4 is 15.4 Å². The zero-order chi connectivity index (χ0) is 18.2. The summed E-state index contributed by atoms with van der Waals surface area (Å²) in [4.78, 5) is 25.4. The Bertz CT molecular complexity index is 600. The highest BCUT2D eigenvalue weighted by Gasteiger charge is 2.21. The summed E-state index contributed by atoms with van der Waals surface area (Å²) in [6.45, 7) is 5.79. The van der Waals surface area contributed by atoms with E-state index in [1.54, 1.807) is 24.1 Å². The highest BCUT2D eigenvalue weighted by molar-refractivity contribution is 5.90. The average molecular weight is 349 g/mol.